The van der Waals surface area contributed by atoms with Crippen molar-refractivity contribution >= 4 is 24.4 Å². The van der Waals surface area contributed by atoms with Crippen molar-refractivity contribution in [1.82, 2.24) is 4.90 Å². The van der Waals surface area contributed by atoms with Gasteiger partial charge in [-0.3, -0.25) is 4.90 Å². The first-order valence-electron chi connectivity index (χ1n) is 5.33. The molecule has 0 fully saturated rings. The molecule has 0 bridgehead atoms. The van der Waals surface area contributed by atoms with Crippen LogP contribution in [0.15, 0.2) is 23.1 Å². The van der Waals surface area contributed by atoms with E-state index in [1.807, 2.05) is 11.8 Å². The smallest absolute Gasteiger partial charge is 0.0414 e. The van der Waals surface area contributed by atoms with E-state index in [0.717, 1.165) is 12.4 Å². The Bertz CT molecular complexity index is 338. The molecule has 1 heterocycles. The molecule has 1 aliphatic heterocycles. The third kappa shape index (κ3) is 2.92. The fourth-order valence-electron chi connectivity index (χ4n) is 1.87. The molecule has 0 aromatic heterocycles. The van der Waals surface area contributed by atoms with Crippen molar-refractivity contribution in [1.29, 1.82) is 0 Å². The Morgan fingerprint density at radius 2 is 2.33 bits per heavy atom. The van der Waals surface area contributed by atoms with Gasteiger partial charge in [0.15, 0.2) is 0 Å². The van der Waals surface area contributed by atoms with Gasteiger partial charge in [0.25, 0.3) is 0 Å². The predicted molar refractivity (Wildman–Crippen MR) is 70.8 cm³/mol. The van der Waals surface area contributed by atoms with Crippen molar-refractivity contribution in [3.05, 3.63) is 29.3 Å². The van der Waals surface area contributed by atoms with E-state index in [4.69, 9.17) is 0 Å². The van der Waals surface area contributed by atoms with Crippen LogP contribution < -0.4 is 0 Å². The number of nitrogens with zero attached hydrogens (tertiary/aromatic N) is 1. The summed E-state index contributed by atoms with van der Waals surface area (Å²) in [5.41, 5.74) is 2.95. The summed E-state index contributed by atoms with van der Waals surface area (Å²) in [7, 11) is 2.10. The molecule has 0 N–H and O–H groups in total. The van der Waals surface area contributed by atoms with Crippen LogP contribution in [0.3, 0.4) is 0 Å². The van der Waals surface area contributed by atoms with Crippen molar-refractivity contribution in [2.24, 2.45) is 0 Å². The molecule has 1 aromatic carbocycles. The lowest BCUT2D eigenvalue weighted by Gasteiger charge is -2.18. The first-order valence-corrected chi connectivity index (χ1v) is 6.95. The monoisotopic (exact) mass is 239 g/mol. The van der Waals surface area contributed by atoms with E-state index in [0.29, 0.717) is 0 Å². The van der Waals surface area contributed by atoms with E-state index in [-0.39, 0.29) is 0 Å². The normalized spacial score (nSPS) is 15.4. The van der Waals surface area contributed by atoms with Crippen molar-refractivity contribution < 1.29 is 0 Å². The van der Waals surface area contributed by atoms with Gasteiger partial charge in [-0.2, -0.15) is 12.6 Å². The molecule has 1 aliphatic rings. The number of fused-ring (bicyclic) bond motifs is 1. The van der Waals surface area contributed by atoms with Crippen molar-refractivity contribution in [2.75, 3.05) is 18.7 Å². The Morgan fingerprint density at radius 3 is 3.13 bits per heavy atom. The Kier molecular flexibility index (Phi) is 4.00. The van der Waals surface area contributed by atoms with Crippen LogP contribution in [0.4, 0.5) is 0 Å². The number of thiol groups is 1. The highest BCUT2D eigenvalue weighted by Crippen LogP contribution is 2.30. The number of hydrogen-bond acceptors (Lipinski definition) is 3. The largest absolute Gasteiger partial charge is 0.293 e. The second kappa shape index (κ2) is 5.28. The minimum atomic E-state index is 0.811. The number of aryl methyl sites for hydroxylation is 1. The molecular weight excluding hydrogens is 222 g/mol. The van der Waals surface area contributed by atoms with Crippen molar-refractivity contribution in [2.45, 2.75) is 24.3 Å². The molecule has 0 amide bonds. The molecule has 0 saturated heterocycles. The van der Waals surface area contributed by atoms with Gasteiger partial charge < -0.3 is 0 Å². The second-order valence-electron chi connectivity index (χ2n) is 4.05. The lowest BCUT2D eigenvalue weighted by Crippen LogP contribution is -2.15. The SMILES string of the molecule is CN(CS)Cc1ccc2c(c1)CCCS2. The Morgan fingerprint density at radius 1 is 1.47 bits per heavy atom. The number of hydrogen-bond donors (Lipinski definition) is 1. The molecule has 1 aromatic rings. The van der Waals surface area contributed by atoms with Gasteiger partial charge >= 0.3 is 0 Å². The third-order valence-electron chi connectivity index (χ3n) is 2.67. The molecule has 82 valence electrons. The molecule has 2 rings (SSSR count). The topological polar surface area (TPSA) is 3.24 Å². The lowest BCUT2D eigenvalue weighted by molar-refractivity contribution is 0.387. The van der Waals surface area contributed by atoms with Crippen LogP contribution in [0.5, 0.6) is 0 Å². The fraction of sp³-hybridized carbons (Fsp3) is 0.500. The van der Waals surface area contributed by atoms with E-state index in [9.17, 15) is 0 Å². The van der Waals surface area contributed by atoms with Gasteiger partial charge in [-0.1, -0.05) is 12.1 Å². The summed E-state index contributed by atoms with van der Waals surface area (Å²) in [5, 5.41) is 0. The summed E-state index contributed by atoms with van der Waals surface area (Å²) in [6.45, 7) is 1.00. The first-order chi connectivity index (χ1) is 7.29. The maximum Gasteiger partial charge on any atom is 0.0414 e. The quantitative estimate of drug-likeness (QED) is 0.638. The number of benzene rings is 1. The lowest BCUT2D eigenvalue weighted by atomic mass is 10.1. The maximum atomic E-state index is 4.27. The molecular formula is C12H17NS2. The molecule has 0 radical (unpaired) electrons. The molecule has 15 heavy (non-hydrogen) atoms. The highest BCUT2D eigenvalue weighted by atomic mass is 32.2. The minimum Gasteiger partial charge on any atom is -0.293 e. The van der Waals surface area contributed by atoms with Crippen LogP contribution in [0.2, 0.25) is 0 Å². The van der Waals surface area contributed by atoms with Crippen LogP contribution in [0, 0.1) is 0 Å². The predicted octanol–water partition coefficient (Wildman–Crippen LogP) is 3.04. The average Bonchev–Trinajstić information content (AvgIpc) is 2.29. The van der Waals surface area contributed by atoms with Crippen molar-refractivity contribution in [3.8, 4) is 0 Å². The van der Waals surface area contributed by atoms with E-state index in [1.54, 1.807) is 0 Å². The van der Waals surface area contributed by atoms with Gasteiger partial charge in [-0.15, -0.1) is 11.8 Å². The summed E-state index contributed by atoms with van der Waals surface area (Å²) < 4.78 is 0. The highest BCUT2D eigenvalue weighted by Gasteiger charge is 2.10. The zero-order valence-corrected chi connectivity index (χ0v) is 10.8. The summed E-state index contributed by atoms with van der Waals surface area (Å²) in [6, 6.07) is 6.89. The van der Waals surface area contributed by atoms with Gasteiger partial charge in [-0.25, -0.2) is 0 Å². The van der Waals surface area contributed by atoms with E-state index >= 15 is 0 Å². The summed E-state index contributed by atoms with van der Waals surface area (Å²) >= 11 is 6.26. The Hall–Kier alpha value is -0.120. The Balaban J connectivity index is 2.13. The number of thioether (sulfide) groups is 1. The fourth-order valence-corrected chi connectivity index (χ4v) is 2.99. The maximum absolute atomic E-state index is 4.27. The zero-order valence-electron chi connectivity index (χ0n) is 9.07. The molecule has 0 atom stereocenters. The molecule has 0 unspecified atom stereocenters. The van der Waals surface area contributed by atoms with Crippen LogP contribution >= 0.6 is 24.4 Å². The molecule has 0 saturated carbocycles. The van der Waals surface area contributed by atoms with Crippen LogP contribution in [-0.4, -0.2) is 23.6 Å². The zero-order chi connectivity index (χ0) is 10.7. The van der Waals surface area contributed by atoms with Crippen molar-refractivity contribution in [3.63, 3.8) is 0 Å². The summed E-state index contributed by atoms with van der Waals surface area (Å²) in [6.07, 6.45) is 2.57. The molecule has 1 nitrogen and oxygen atoms in total. The summed E-state index contributed by atoms with van der Waals surface area (Å²) in [4.78, 5) is 3.69. The summed E-state index contributed by atoms with van der Waals surface area (Å²) in [5.74, 6) is 2.09. The minimum absolute atomic E-state index is 0.811. The average molecular weight is 239 g/mol. The first kappa shape index (κ1) is 11.4. The van der Waals surface area contributed by atoms with Gasteiger partial charge in [0.05, 0.1) is 0 Å². The number of rotatable bonds is 3. The standard InChI is InChI=1S/C12H17NS2/c1-13(9-14)8-10-4-5-12-11(7-10)3-2-6-15-12/h4-5,7,14H,2-3,6,8-9H2,1H3. The highest BCUT2D eigenvalue weighted by molar-refractivity contribution is 7.99. The Labute approximate surface area is 102 Å². The van der Waals surface area contributed by atoms with Crippen LogP contribution in [-0.2, 0) is 13.0 Å². The van der Waals surface area contributed by atoms with Gasteiger partial charge in [-0.05, 0) is 42.8 Å². The van der Waals surface area contributed by atoms with E-state index in [2.05, 4.69) is 42.8 Å². The van der Waals surface area contributed by atoms with Crippen LogP contribution in [0.25, 0.3) is 0 Å². The van der Waals surface area contributed by atoms with Gasteiger partial charge in [0, 0.05) is 17.3 Å². The van der Waals surface area contributed by atoms with Crippen LogP contribution in [0.1, 0.15) is 17.5 Å². The van der Waals surface area contributed by atoms with E-state index < -0.39 is 0 Å². The molecule has 0 aliphatic carbocycles. The van der Waals surface area contributed by atoms with Gasteiger partial charge in [0.1, 0.15) is 0 Å². The van der Waals surface area contributed by atoms with E-state index in [1.165, 1.54) is 34.6 Å². The van der Waals surface area contributed by atoms with Gasteiger partial charge in [0.2, 0.25) is 0 Å². The molecule has 3 heteroatoms. The second-order valence-corrected chi connectivity index (χ2v) is 5.47. The third-order valence-corrected chi connectivity index (χ3v) is 4.35. The molecule has 0 spiro atoms.